The predicted molar refractivity (Wildman–Crippen MR) is 249 cm³/mol. The van der Waals surface area contributed by atoms with E-state index in [1.165, 1.54) is 116 Å². The maximum absolute atomic E-state index is 12.8. The number of hydrogen-bond donors (Lipinski definition) is 6. The van der Waals surface area contributed by atoms with Crippen LogP contribution >= 0.6 is 7.82 Å². The number of carbonyl (C=O) groups is 2. The van der Waals surface area contributed by atoms with Crippen molar-refractivity contribution in [3.05, 3.63) is 24.3 Å². The number of allylic oxidation sites excluding steroid dienone is 4. The highest BCUT2D eigenvalue weighted by atomic mass is 31.2. The van der Waals surface area contributed by atoms with Gasteiger partial charge in [0.1, 0.15) is 43.2 Å². The molecule has 1 rings (SSSR count). The molecule has 0 heterocycles. The minimum Gasteiger partial charge on any atom is -0.462 e. The van der Waals surface area contributed by atoms with Crippen LogP contribution < -0.4 is 0 Å². The summed E-state index contributed by atoms with van der Waals surface area (Å²) in [7, 11) is -5.12. The zero-order chi connectivity index (χ0) is 46.4. The van der Waals surface area contributed by atoms with Crippen molar-refractivity contribution < 1.29 is 63.1 Å². The number of unbranched alkanes of at least 4 members (excludes halogenated alkanes) is 26. The van der Waals surface area contributed by atoms with Crippen LogP contribution in [-0.4, -0.2) is 98.3 Å². The van der Waals surface area contributed by atoms with Crippen LogP contribution in [0.5, 0.6) is 0 Å². The fourth-order valence-corrected chi connectivity index (χ4v) is 8.70. The molecule has 0 spiro atoms. The van der Waals surface area contributed by atoms with Crippen molar-refractivity contribution >= 4 is 19.8 Å². The molecule has 6 unspecified atom stereocenters. The second-order valence-corrected chi connectivity index (χ2v) is 19.1. The lowest BCUT2D eigenvalue weighted by molar-refractivity contribution is -0.220. The van der Waals surface area contributed by atoms with Crippen LogP contribution in [0.25, 0.3) is 0 Å². The van der Waals surface area contributed by atoms with Gasteiger partial charge in [0.15, 0.2) is 6.10 Å². The summed E-state index contributed by atoms with van der Waals surface area (Å²) >= 11 is 0. The molecule has 1 aliphatic carbocycles. The Kier molecular flexibility index (Phi) is 37.2. The van der Waals surface area contributed by atoms with Gasteiger partial charge in [-0.3, -0.25) is 18.6 Å². The minimum absolute atomic E-state index is 0.0983. The lowest BCUT2D eigenvalue weighted by Gasteiger charge is -2.41. The Morgan fingerprint density at radius 3 is 1.32 bits per heavy atom. The Morgan fingerprint density at radius 1 is 0.492 bits per heavy atom. The maximum Gasteiger partial charge on any atom is 0.472 e. The number of hydrogen-bond acceptors (Lipinski definition) is 12. The van der Waals surface area contributed by atoms with E-state index in [9.17, 15) is 44.6 Å². The molecule has 0 bridgehead atoms. The molecule has 0 amide bonds. The molecule has 0 aliphatic heterocycles. The molecular weight excluding hydrogens is 827 g/mol. The maximum atomic E-state index is 12.8. The van der Waals surface area contributed by atoms with Crippen LogP contribution in [0.4, 0.5) is 0 Å². The van der Waals surface area contributed by atoms with Gasteiger partial charge in [0.25, 0.3) is 0 Å². The van der Waals surface area contributed by atoms with E-state index in [1.807, 2.05) is 0 Å². The second-order valence-electron chi connectivity index (χ2n) is 17.7. The number of phosphoric ester groups is 1. The number of rotatable bonds is 42. The topological polar surface area (TPSA) is 210 Å². The summed E-state index contributed by atoms with van der Waals surface area (Å²) in [5.41, 5.74) is 0. The van der Waals surface area contributed by atoms with Gasteiger partial charge in [0, 0.05) is 12.8 Å². The fourth-order valence-electron chi connectivity index (χ4n) is 7.73. The average molecular weight is 919 g/mol. The summed E-state index contributed by atoms with van der Waals surface area (Å²) in [6, 6.07) is 0. The van der Waals surface area contributed by atoms with E-state index in [1.54, 1.807) is 0 Å². The smallest absolute Gasteiger partial charge is 0.462 e. The third-order valence-corrected chi connectivity index (χ3v) is 12.8. The number of esters is 2. The lowest BCUT2D eigenvalue weighted by Crippen LogP contribution is -2.64. The Hall–Kier alpha value is -1.67. The molecule has 370 valence electrons. The highest BCUT2D eigenvalue weighted by Crippen LogP contribution is 2.47. The Bertz CT molecular complexity index is 1200. The van der Waals surface area contributed by atoms with Gasteiger partial charge in [-0.25, -0.2) is 4.57 Å². The van der Waals surface area contributed by atoms with E-state index in [-0.39, 0.29) is 12.8 Å². The lowest BCUT2D eigenvalue weighted by atomic mass is 9.85. The van der Waals surface area contributed by atoms with Gasteiger partial charge >= 0.3 is 19.8 Å². The zero-order valence-electron chi connectivity index (χ0n) is 39.4. The third-order valence-electron chi connectivity index (χ3n) is 11.8. The van der Waals surface area contributed by atoms with Gasteiger partial charge in [0.05, 0.1) is 6.61 Å². The molecule has 13 nitrogen and oxygen atoms in total. The first-order valence-electron chi connectivity index (χ1n) is 25.1. The predicted octanol–water partition coefficient (Wildman–Crippen LogP) is 10.4. The van der Waals surface area contributed by atoms with Crippen molar-refractivity contribution in [2.45, 2.75) is 262 Å². The van der Waals surface area contributed by atoms with Crippen molar-refractivity contribution in [2.24, 2.45) is 0 Å². The Balaban J connectivity index is 2.41. The minimum atomic E-state index is -5.12. The van der Waals surface area contributed by atoms with Gasteiger partial charge in [-0.05, 0) is 44.9 Å². The third kappa shape index (κ3) is 31.8. The van der Waals surface area contributed by atoms with Crippen molar-refractivity contribution in [2.75, 3.05) is 13.2 Å². The van der Waals surface area contributed by atoms with Crippen LogP contribution in [0.1, 0.15) is 219 Å². The van der Waals surface area contributed by atoms with Gasteiger partial charge in [-0.15, -0.1) is 0 Å². The van der Waals surface area contributed by atoms with Crippen molar-refractivity contribution in [1.82, 2.24) is 0 Å². The van der Waals surface area contributed by atoms with E-state index < -0.39 is 75.7 Å². The molecule has 0 saturated heterocycles. The van der Waals surface area contributed by atoms with Crippen molar-refractivity contribution in [3.8, 4) is 0 Å². The Morgan fingerprint density at radius 2 is 0.857 bits per heavy atom. The quantitative estimate of drug-likeness (QED) is 0.0146. The molecule has 14 heteroatoms. The summed E-state index contributed by atoms with van der Waals surface area (Å²) in [6.45, 7) is 3.29. The summed E-state index contributed by atoms with van der Waals surface area (Å²) in [6.07, 6.45) is 30.8. The SMILES string of the molecule is CCCCC/C=C/C/C=C/CCCCCCCC(=O)OC[C@H](COP(=O)(O)OC1C(O)C(O)C(O)[C@@H](O)C1O)OC(=O)CCCCCCCCCCCCCCCCCCCCC. The first-order chi connectivity index (χ1) is 30.4. The van der Waals surface area contributed by atoms with Crippen LogP contribution in [0.15, 0.2) is 24.3 Å². The van der Waals surface area contributed by atoms with Crippen LogP contribution in [0, 0.1) is 0 Å². The van der Waals surface area contributed by atoms with E-state index in [0.717, 1.165) is 64.2 Å². The standard InChI is InChI=1S/C49H91O13P/c1-3-5-7-9-11-13-15-17-19-20-21-22-24-26-28-30-32-34-36-38-43(51)61-41(40-60-63(57,58)62-49-47(55)45(53)44(52)46(54)48(49)56)39-59-42(50)37-35-33-31-29-27-25-23-18-16-14-12-10-8-6-4-2/h12,14,18,23,41,44-49,52-56H,3-11,13,15-17,19-22,24-40H2,1-2H3,(H,57,58)/b14-12+,23-18+/t41-,44?,45-,46?,47?,48?,49?/m1/s1. The highest BCUT2D eigenvalue weighted by molar-refractivity contribution is 7.47. The zero-order valence-corrected chi connectivity index (χ0v) is 40.3. The van der Waals surface area contributed by atoms with E-state index in [0.29, 0.717) is 12.8 Å². The molecule has 8 atom stereocenters. The highest BCUT2D eigenvalue weighted by Gasteiger charge is 2.51. The van der Waals surface area contributed by atoms with E-state index >= 15 is 0 Å². The van der Waals surface area contributed by atoms with Gasteiger partial charge in [0.2, 0.25) is 0 Å². The molecule has 63 heavy (non-hydrogen) atoms. The largest absolute Gasteiger partial charge is 0.472 e. The molecule has 1 saturated carbocycles. The first kappa shape index (κ1) is 59.3. The van der Waals surface area contributed by atoms with Crippen LogP contribution in [0.3, 0.4) is 0 Å². The summed E-state index contributed by atoms with van der Waals surface area (Å²) < 4.78 is 33.6. The number of carbonyl (C=O) groups excluding carboxylic acids is 2. The average Bonchev–Trinajstić information content (AvgIpc) is 3.26. The molecule has 0 aromatic rings. The number of phosphoric acid groups is 1. The molecule has 0 radical (unpaired) electrons. The normalized spacial score (nSPS) is 21.8. The molecule has 0 aromatic heterocycles. The number of aliphatic hydroxyl groups is 5. The monoisotopic (exact) mass is 919 g/mol. The first-order valence-corrected chi connectivity index (χ1v) is 26.6. The summed E-state index contributed by atoms with van der Waals surface area (Å²) in [5.74, 6) is -1.11. The summed E-state index contributed by atoms with van der Waals surface area (Å²) in [4.78, 5) is 35.8. The van der Waals surface area contributed by atoms with E-state index in [2.05, 4.69) is 38.2 Å². The van der Waals surface area contributed by atoms with Gasteiger partial charge in [-0.1, -0.05) is 186 Å². The van der Waals surface area contributed by atoms with Crippen molar-refractivity contribution in [1.29, 1.82) is 0 Å². The molecular formula is C49H91O13P. The van der Waals surface area contributed by atoms with Gasteiger partial charge in [-0.2, -0.15) is 0 Å². The number of ether oxygens (including phenoxy) is 2. The van der Waals surface area contributed by atoms with Crippen molar-refractivity contribution in [3.63, 3.8) is 0 Å². The van der Waals surface area contributed by atoms with Crippen LogP contribution in [0.2, 0.25) is 0 Å². The Labute approximate surface area is 381 Å². The molecule has 0 aromatic carbocycles. The molecule has 1 aliphatic rings. The van der Waals surface area contributed by atoms with Crippen LogP contribution in [-0.2, 0) is 32.7 Å². The second kappa shape index (κ2) is 39.5. The molecule has 1 fully saturated rings. The molecule has 6 N–H and O–H groups in total. The number of aliphatic hydroxyl groups excluding tert-OH is 5. The fraction of sp³-hybridized carbons (Fsp3) is 0.878. The van der Waals surface area contributed by atoms with E-state index in [4.69, 9.17) is 18.5 Å². The van der Waals surface area contributed by atoms with Gasteiger partial charge < -0.3 is 39.9 Å². The summed E-state index contributed by atoms with van der Waals surface area (Å²) in [5, 5.41) is 50.2.